The van der Waals surface area contributed by atoms with Crippen molar-refractivity contribution >= 4 is 11.9 Å². The summed E-state index contributed by atoms with van der Waals surface area (Å²) < 4.78 is 17.5. The maximum atomic E-state index is 14.0. The van der Waals surface area contributed by atoms with Gasteiger partial charge in [-0.1, -0.05) is 13.8 Å². The number of esters is 2. The fraction of sp³-hybridized carbons (Fsp3) is 0.931. The summed E-state index contributed by atoms with van der Waals surface area (Å²) in [5, 5.41) is 0. The van der Waals surface area contributed by atoms with Gasteiger partial charge in [-0.3, -0.25) is 9.59 Å². The maximum Gasteiger partial charge on any atom is 0.312 e. The summed E-state index contributed by atoms with van der Waals surface area (Å²) in [6.45, 7) is 7.26. The molecule has 8 aliphatic carbocycles. The molecule has 0 saturated heterocycles. The predicted octanol–water partition coefficient (Wildman–Crippen LogP) is 5.07. The number of hydrogen-bond acceptors (Lipinski definition) is 5. The van der Waals surface area contributed by atoms with Gasteiger partial charge in [0.2, 0.25) is 0 Å². The zero-order chi connectivity index (χ0) is 23.4. The standard InChI is InChI=1S/C29H42O5/c1-4-32-13-33-27(30)25-21-9-22(24-20-8-19(23(21)24)14(2)15(20)3)26(25)28(31)34-29-10-16-5-17(11-29)7-18(6-16)12-29/h14-26H,4-13H2,1-3H3. The van der Waals surface area contributed by atoms with Crippen molar-refractivity contribution in [1.29, 1.82) is 0 Å². The van der Waals surface area contributed by atoms with E-state index in [0.717, 1.165) is 61.2 Å². The van der Waals surface area contributed by atoms with Crippen LogP contribution >= 0.6 is 0 Å². The summed E-state index contributed by atoms with van der Waals surface area (Å²) in [5.41, 5.74) is -0.247. The molecule has 0 N–H and O–H groups in total. The lowest BCUT2D eigenvalue weighted by molar-refractivity contribution is -0.200. The van der Waals surface area contributed by atoms with Crippen LogP contribution in [0.5, 0.6) is 0 Å². The average Bonchev–Trinajstić information content (AvgIpc) is 3.51. The average molecular weight is 471 g/mol. The quantitative estimate of drug-likeness (QED) is 0.235. The Bertz CT molecular complexity index is 831. The highest BCUT2D eigenvalue weighted by Crippen LogP contribution is 2.73. The first-order chi connectivity index (χ1) is 16.4. The van der Waals surface area contributed by atoms with Crippen LogP contribution in [0.2, 0.25) is 0 Å². The van der Waals surface area contributed by atoms with Gasteiger partial charge in [-0.05, 0) is 123 Å². The van der Waals surface area contributed by atoms with Crippen LogP contribution in [-0.4, -0.2) is 30.9 Å². The number of rotatable bonds is 6. The molecule has 5 heteroatoms. The second-order valence-electron chi connectivity index (χ2n) is 13.6. The Balaban J connectivity index is 1.16. The second-order valence-corrected chi connectivity index (χ2v) is 13.6. The number of fused-ring (bicyclic) bond motifs is 9. The SMILES string of the molecule is CCOCOC(=O)C1C2CC(C1C(=O)OC13CC4CC(CC(C4)C1)C3)C1C3CC(C(C)C3C)C21. The molecule has 0 spiro atoms. The van der Waals surface area contributed by atoms with Gasteiger partial charge in [0, 0.05) is 6.61 Å². The Morgan fingerprint density at radius 2 is 1.24 bits per heavy atom. The number of hydrogen-bond donors (Lipinski definition) is 0. The van der Waals surface area contributed by atoms with Crippen molar-refractivity contribution in [3.05, 3.63) is 0 Å². The van der Waals surface area contributed by atoms with Gasteiger partial charge < -0.3 is 14.2 Å². The molecular weight excluding hydrogens is 428 g/mol. The highest BCUT2D eigenvalue weighted by atomic mass is 16.7. The molecule has 8 bridgehead atoms. The van der Waals surface area contributed by atoms with Gasteiger partial charge in [0.1, 0.15) is 5.60 Å². The van der Waals surface area contributed by atoms with E-state index in [4.69, 9.17) is 14.2 Å². The third-order valence-electron chi connectivity index (χ3n) is 12.3. The Morgan fingerprint density at radius 1 is 0.735 bits per heavy atom. The molecule has 5 nitrogen and oxygen atoms in total. The van der Waals surface area contributed by atoms with Crippen LogP contribution in [0.25, 0.3) is 0 Å². The van der Waals surface area contributed by atoms with E-state index in [1.54, 1.807) is 0 Å². The zero-order valence-corrected chi connectivity index (χ0v) is 21.1. The third kappa shape index (κ3) is 3.00. The normalized spacial score (nSPS) is 55.6. The molecule has 8 aliphatic rings. The van der Waals surface area contributed by atoms with E-state index < -0.39 is 0 Å². The largest absolute Gasteiger partial charge is 0.459 e. The summed E-state index contributed by atoms with van der Waals surface area (Å²) >= 11 is 0. The van der Waals surface area contributed by atoms with Gasteiger partial charge in [0.25, 0.3) is 0 Å². The van der Waals surface area contributed by atoms with Gasteiger partial charge in [-0.2, -0.15) is 0 Å². The highest BCUT2D eigenvalue weighted by molar-refractivity contribution is 5.84. The lowest BCUT2D eigenvalue weighted by Crippen LogP contribution is -2.55. The predicted molar refractivity (Wildman–Crippen MR) is 125 cm³/mol. The Morgan fingerprint density at radius 3 is 1.76 bits per heavy atom. The van der Waals surface area contributed by atoms with Crippen LogP contribution in [-0.2, 0) is 23.8 Å². The second kappa shape index (κ2) is 7.70. The van der Waals surface area contributed by atoms with Crippen molar-refractivity contribution in [2.24, 2.45) is 76.9 Å². The monoisotopic (exact) mass is 470 g/mol. The van der Waals surface area contributed by atoms with Crippen LogP contribution in [0.4, 0.5) is 0 Å². The molecule has 10 unspecified atom stereocenters. The van der Waals surface area contributed by atoms with Crippen molar-refractivity contribution in [3.63, 3.8) is 0 Å². The van der Waals surface area contributed by atoms with Gasteiger partial charge >= 0.3 is 11.9 Å². The van der Waals surface area contributed by atoms with Gasteiger partial charge in [0.05, 0.1) is 11.8 Å². The molecule has 0 radical (unpaired) electrons. The molecule has 0 aliphatic heterocycles. The van der Waals surface area contributed by atoms with Crippen LogP contribution < -0.4 is 0 Å². The molecule has 0 aromatic rings. The molecule has 0 aromatic carbocycles. The first-order valence-electron chi connectivity index (χ1n) is 14.4. The molecule has 8 fully saturated rings. The van der Waals surface area contributed by atoms with E-state index >= 15 is 0 Å². The molecule has 0 amide bonds. The maximum absolute atomic E-state index is 14.0. The van der Waals surface area contributed by atoms with Gasteiger partial charge in [0.15, 0.2) is 6.79 Å². The molecule has 0 aromatic heterocycles. The van der Waals surface area contributed by atoms with Crippen molar-refractivity contribution in [2.45, 2.75) is 77.7 Å². The number of carbonyl (C=O) groups is 2. The molecule has 10 atom stereocenters. The summed E-state index contributed by atoms with van der Waals surface area (Å²) in [6.07, 6.45) is 9.46. The van der Waals surface area contributed by atoms with E-state index in [1.807, 2.05) is 6.92 Å². The Kier molecular flexibility index (Phi) is 5.01. The van der Waals surface area contributed by atoms with E-state index in [0.29, 0.717) is 30.3 Å². The highest BCUT2D eigenvalue weighted by Gasteiger charge is 2.71. The van der Waals surface area contributed by atoms with E-state index in [2.05, 4.69) is 13.8 Å². The fourth-order valence-corrected chi connectivity index (χ4v) is 11.6. The van der Waals surface area contributed by atoms with Crippen LogP contribution in [0, 0.1) is 76.9 Å². The molecule has 188 valence electrons. The van der Waals surface area contributed by atoms with E-state index in [1.165, 1.54) is 25.7 Å². The van der Waals surface area contributed by atoms with E-state index in [9.17, 15) is 9.59 Å². The molecule has 8 saturated carbocycles. The minimum atomic E-state index is -0.338. The third-order valence-corrected chi connectivity index (χ3v) is 12.3. The topological polar surface area (TPSA) is 61.8 Å². The van der Waals surface area contributed by atoms with Crippen LogP contribution in [0.1, 0.15) is 72.1 Å². The van der Waals surface area contributed by atoms with Crippen molar-refractivity contribution < 1.29 is 23.8 Å². The van der Waals surface area contributed by atoms with Gasteiger partial charge in [-0.15, -0.1) is 0 Å². The molecule has 0 heterocycles. The smallest absolute Gasteiger partial charge is 0.312 e. The lowest BCUT2D eigenvalue weighted by atomic mass is 9.54. The van der Waals surface area contributed by atoms with E-state index in [-0.39, 0.29) is 42.1 Å². The van der Waals surface area contributed by atoms with Crippen molar-refractivity contribution in [1.82, 2.24) is 0 Å². The minimum Gasteiger partial charge on any atom is -0.459 e. The first kappa shape index (κ1) is 22.1. The Hall–Kier alpha value is -1.10. The Labute approximate surface area is 204 Å². The first-order valence-corrected chi connectivity index (χ1v) is 14.4. The fourth-order valence-electron chi connectivity index (χ4n) is 11.6. The summed E-state index contributed by atoms with van der Waals surface area (Å²) in [4.78, 5) is 27.5. The zero-order valence-electron chi connectivity index (χ0n) is 21.1. The molecule has 34 heavy (non-hydrogen) atoms. The van der Waals surface area contributed by atoms with Crippen LogP contribution in [0.3, 0.4) is 0 Å². The van der Waals surface area contributed by atoms with Gasteiger partial charge in [-0.25, -0.2) is 0 Å². The minimum absolute atomic E-state index is 0.00640. The molecular formula is C29H42O5. The number of carbonyl (C=O) groups excluding carboxylic acids is 2. The number of ether oxygens (including phenoxy) is 3. The van der Waals surface area contributed by atoms with Crippen molar-refractivity contribution in [2.75, 3.05) is 13.4 Å². The summed E-state index contributed by atoms with van der Waals surface area (Å²) in [6, 6.07) is 0. The molecule has 8 rings (SSSR count). The van der Waals surface area contributed by atoms with Crippen LogP contribution in [0.15, 0.2) is 0 Å². The lowest BCUT2D eigenvalue weighted by Gasteiger charge is -2.56. The van der Waals surface area contributed by atoms with Crippen molar-refractivity contribution in [3.8, 4) is 0 Å². The summed E-state index contributed by atoms with van der Waals surface area (Å²) in [7, 11) is 0. The summed E-state index contributed by atoms with van der Waals surface area (Å²) in [5.74, 6) is 5.95.